The third kappa shape index (κ3) is 2.56. The summed E-state index contributed by atoms with van der Waals surface area (Å²) in [6, 6.07) is 4.28. The lowest BCUT2D eigenvalue weighted by atomic mass is 10.1. The lowest BCUT2D eigenvalue weighted by Gasteiger charge is -2.23. The van der Waals surface area contributed by atoms with E-state index in [1.165, 1.54) is 21.3 Å². The molecule has 0 saturated heterocycles. The highest BCUT2D eigenvalue weighted by atomic mass is 32.2. The Labute approximate surface area is 150 Å². The van der Waals surface area contributed by atoms with E-state index in [0.717, 1.165) is 13.0 Å². The number of hydrogen-bond acceptors (Lipinski definition) is 5. The fourth-order valence-electron chi connectivity index (χ4n) is 3.49. The summed E-state index contributed by atoms with van der Waals surface area (Å²) >= 11 is 0. The zero-order valence-electron chi connectivity index (χ0n) is 14.8. The molecule has 0 saturated carbocycles. The second-order valence-electron chi connectivity index (χ2n) is 6.61. The topological polar surface area (TPSA) is 104 Å². The average molecular weight is 376 g/mol. The van der Waals surface area contributed by atoms with Crippen molar-refractivity contribution in [3.63, 3.8) is 0 Å². The van der Waals surface area contributed by atoms with Crippen LogP contribution in [0, 0.1) is 6.92 Å². The number of imidazole rings is 1. The molecule has 1 aliphatic rings. The lowest BCUT2D eigenvalue weighted by Crippen LogP contribution is -2.33. The minimum absolute atomic E-state index is 0.125. The lowest BCUT2D eigenvalue weighted by molar-refractivity contribution is 0.399. The van der Waals surface area contributed by atoms with Crippen LogP contribution in [0.2, 0.25) is 0 Å². The number of sulfonamides is 1. The van der Waals surface area contributed by atoms with Crippen LogP contribution in [-0.2, 0) is 30.7 Å². The Morgan fingerprint density at radius 2 is 1.92 bits per heavy atom. The van der Waals surface area contributed by atoms with Crippen molar-refractivity contribution in [1.29, 1.82) is 0 Å². The van der Waals surface area contributed by atoms with Gasteiger partial charge in [-0.15, -0.1) is 0 Å². The van der Waals surface area contributed by atoms with Gasteiger partial charge in [0.15, 0.2) is 0 Å². The smallest absolute Gasteiger partial charge is 0.295 e. The van der Waals surface area contributed by atoms with E-state index in [1.807, 2.05) is 0 Å². The average Bonchev–Trinajstić information content (AvgIpc) is 3.09. The van der Waals surface area contributed by atoms with Crippen molar-refractivity contribution in [3.8, 4) is 0 Å². The largest absolute Gasteiger partial charge is 0.328 e. The van der Waals surface area contributed by atoms with Crippen molar-refractivity contribution in [1.82, 2.24) is 28.6 Å². The quantitative estimate of drug-likeness (QED) is 0.720. The number of nitrogens with zero attached hydrogens (tertiary/aromatic N) is 5. The fraction of sp³-hybridized carbons (Fsp3) is 0.438. The molecule has 1 N–H and O–H groups in total. The molecule has 1 atom stereocenters. The second-order valence-corrected chi connectivity index (χ2v) is 8.32. The first-order chi connectivity index (χ1) is 12.3. The van der Waals surface area contributed by atoms with Gasteiger partial charge in [0.05, 0.1) is 22.0 Å². The van der Waals surface area contributed by atoms with E-state index >= 15 is 0 Å². The van der Waals surface area contributed by atoms with Gasteiger partial charge in [0.2, 0.25) is 10.0 Å². The van der Waals surface area contributed by atoms with E-state index in [2.05, 4.69) is 14.8 Å². The number of fused-ring (bicyclic) bond motifs is 2. The SMILES string of the molecule is Cc1nc2n(n1)CCCC2NS(=O)(=O)c1ccc2c(c1)n(C)c(=O)n2C. The van der Waals surface area contributed by atoms with Crippen LogP contribution >= 0.6 is 0 Å². The molecular formula is C16H20N6O3S. The highest BCUT2D eigenvalue weighted by Crippen LogP contribution is 2.26. The Kier molecular flexibility index (Phi) is 3.77. The highest BCUT2D eigenvalue weighted by molar-refractivity contribution is 7.89. The maximum Gasteiger partial charge on any atom is 0.328 e. The van der Waals surface area contributed by atoms with Crippen LogP contribution in [0.3, 0.4) is 0 Å². The van der Waals surface area contributed by atoms with E-state index in [4.69, 9.17) is 0 Å². The van der Waals surface area contributed by atoms with Crippen molar-refractivity contribution in [2.45, 2.75) is 37.2 Å². The van der Waals surface area contributed by atoms with Gasteiger partial charge >= 0.3 is 5.69 Å². The fourth-order valence-corrected chi connectivity index (χ4v) is 4.74. The Morgan fingerprint density at radius 1 is 1.19 bits per heavy atom. The molecule has 10 heteroatoms. The molecule has 1 aliphatic heterocycles. The molecule has 4 rings (SSSR count). The summed E-state index contributed by atoms with van der Waals surface area (Å²) in [6.07, 6.45) is 1.50. The number of rotatable bonds is 3. The molecule has 138 valence electrons. The molecule has 26 heavy (non-hydrogen) atoms. The first-order valence-corrected chi connectivity index (χ1v) is 9.85. The van der Waals surface area contributed by atoms with Gasteiger partial charge in [-0.05, 0) is 38.0 Å². The van der Waals surface area contributed by atoms with Crippen LogP contribution in [0.15, 0.2) is 27.9 Å². The van der Waals surface area contributed by atoms with Gasteiger partial charge in [-0.2, -0.15) is 5.10 Å². The van der Waals surface area contributed by atoms with E-state index < -0.39 is 16.1 Å². The summed E-state index contributed by atoms with van der Waals surface area (Å²) in [5, 5.41) is 4.30. The zero-order chi connectivity index (χ0) is 18.6. The van der Waals surface area contributed by atoms with Crippen molar-refractivity contribution >= 4 is 21.1 Å². The number of benzene rings is 1. The molecule has 0 bridgehead atoms. The summed E-state index contributed by atoms with van der Waals surface area (Å²) in [4.78, 5) is 16.5. The number of aryl methyl sites for hydroxylation is 4. The van der Waals surface area contributed by atoms with Crippen LogP contribution in [-0.4, -0.2) is 32.3 Å². The summed E-state index contributed by atoms with van der Waals surface area (Å²) in [7, 11) is -0.474. The Hall–Kier alpha value is -2.46. The van der Waals surface area contributed by atoms with Crippen molar-refractivity contribution in [2.75, 3.05) is 0 Å². The molecule has 0 radical (unpaired) electrons. The molecule has 1 unspecified atom stereocenters. The predicted molar refractivity (Wildman–Crippen MR) is 95.2 cm³/mol. The molecule has 0 amide bonds. The third-order valence-electron chi connectivity index (χ3n) is 4.83. The summed E-state index contributed by atoms with van der Waals surface area (Å²) in [5.41, 5.74) is 1.06. The Morgan fingerprint density at radius 3 is 2.69 bits per heavy atom. The first-order valence-electron chi connectivity index (χ1n) is 8.37. The monoisotopic (exact) mass is 376 g/mol. The van der Waals surface area contributed by atoms with Crippen LogP contribution < -0.4 is 10.4 Å². The van der Waals surface area contributed by atoms with Crippen LogP contribution in [0.1, 0.15) is 30.5 Å². The van der Waals surface area contributed by atoms with Gasteiger partial charge in [0, 0.05) is 20.6 Å². The normalized spacial score (nSPS) is 17.6. The first kappa shape index (κ1) is 17.0. The summed E-state index contributed by atoms with van der Waals surface area (Å²) < 4.78 is 33.2. The van der Waals surface area contributed by atoms with E-state index in [9.17, 15) is 13.2 Å². The predicted octanol–water partition coefficient (Wildman–Crippen LogP) is 0.590. The Balaban J connectivity index is 1.73. The highest BCUT2D eigenvalue weighted by Gasteiger charge is 2.28. The molecule has 1 aromatic carbocycles. The summed E-state index contributed by atoms with van der Waals surface area (Å²) in [5.74, 6) is 1.28. The maximum absolute atomic E-state index is 12.9. The van der Waals surface area contributed by atoms with Crippen LogP contribution in [0.4, 0.5) is 0 Å². The Bertz CT molecular complexity index is 1170. The van der Waals surface area contributed by atoms with Gasteiger partial charge in [-0.25, -0.2) is 27.6 Å². The molecule has 0 aliphatic carbocycles. The third-order valence-corrected chi connectivity index (χ3v) is 6.30. The number of hydrogen-bond donors (Lipinski definition) is 1. The van der Waals surface area contributed by atoms with Gasteiger partial charge in [0.1, 0.15) is 11.6 Å². The number of aromatic nitrogens is 5. The second kappa shape index (κ2) is 5.78. The number of nitrogens with one attached hydrogen (secondary N) is 1. The van der Waals surface area contributed by atoms with Crippen molar-refractivity contribution < 1.29 is 8.42 Å². The minimum Gasteiger partial charge on any atom is -0.295 e. The maximum atomic E-state index is 12.9. The van der Waals surface area contributed by atoms with E-state index in [-0.39, 0.29) is 10.6 Å². The molecular weight excluding hydrogens is 356 g/mol. The van der Waals surface area contributed by atoms with Gasteiger partial charge < -0.3 is 0 Å². The van der Waals surface area contributed by atoms with Crippen LogP contribution in [0.5, 0.6) is 0 Å². The molecule has 3 heterocycles. The zero-order valence-corrected chi connectivity index (χ0v) is 15.6. The molecule has 9 nitrogen and oxygen atoms in total. The van der Waals surface area contributed by atoms with Gasteiger partial charge in [-0.1, -0.05) is 0 Å². The van der Waals surface area contributed by atoms with E-state index in [1.54, 1.807) is 31.8 Å². The van der Waals surface area contributed by atoms with Crippen molar-refractivity contribution in [2.24, 2.45) is 14.1 Å². The molecule has 3 aromatic rings. The molecule has 0 fully saturated rings. The van der Waals surface area contributed by atoms with Crippen LogP contribution in [0.25, 0.3) is 11.0 Å². The molecule has 2 aromatic heterocycles. The van der Waals surface area contributed by atoms with Gasteiger partial charge in [0.25, 0.3) is 0 Å². The van der Waals surface area contributed by atoms with Gasteiger partial charge in [-0.3, -0.25) is 9.13 Å². The van der Waals surface area contributed by atoms with E-state index in [0.29, 0.717) is 29.1 Å². The molecule has 0 spiro atoms. The summed E-state index contributed by atoms with van der Waals surface area (Å²) in [6.45, 7) is 2.53. The van der Waals surface area contributed by atoms with Crippen molar-refractivity contribution in [3.05, 3.63) is 40.3 Å². The standard InChI is InChI=1S/C16H20N6O3S/c1-10-17-15-12(5-4-8-22(15)18-10)19-26(24,25)11-6-7-13-14(9-11)21(3)16(23)20(13)2/h6-7,9,12,19H,4-5,8H2,1-3H3. The minimum atomic E-state index is -3.76.